The molecule has 0 aliphatic heterocycles. The summed E-state index contributed by atoms with van der Waals surface area (Å²) < 4.78 is 5.06. The monoisotopic (exact) mass is 186 g/mol. The van der Waals surface area contributed by atoms with Crippen molar-refractivity contribution in [1.29, 1.82) is 5.26 Å². The first kappa shape index (κ1) is 10.3. The first-order valence-electron chi connectivity index (χ1n) is 4.09. The number of carbonyl (C=O) groups excluding carboxylic acids is 1. The van der Waals surface area contributed by atoms with Crippen LogP contribution in [0.1, 0.15) is 15.9 Å². The lowest BCUT2D eigenvalue weighted by atomic mass is 9.70. The van der Waals surface area contributed by atoms with Crippen LogP contribution in [0.15, 0.2) is 12.1 Å². The summed E-state index contributed by atoms with van der Waals surface area (Å²) in [7, 11) is 2.89. The summed E-state index contributed by atoms with van der Waals surface area (Å²) in [6.07, 6.45) is 0.713. The second kappa shape index (κ2) is 4.47. The lowest BCUT2D eigenvalue weighted by molar-refractivity contribution is 0.112. The van der Waals surface area contributed by atoms with Crippen LogP contribution < -0.4 is 10.2 Å². The fourth-order valence-corrected chi connectivity index (χ4v) is 1.24. The Balaban J connectivity index is 3.25. The summed E-state index contributed by atoms with van der Waals surface area (Å²) in [5, 5.41) is 8.50. The third-order valence-electron chi connectivity index (χ3n) is 1.95. The smallest absolute Gasteiger partial charge is 0.292 e. The molecule has 1 rings (SSSR count). The number of nitrogens with zero attached hydrogens (tertiary/aromatic N) is 1. The Labute approximate surface area is 83.5 Å². The maximum absolute atomic E-state index is 10.7. The van der Waals surface area contributed by atoms with E-state index < -0.39 is 0 Å². The van der Waals surface area contributed by atoms with E-state index in [0.29, 0.717) is 23.1 Å². The SMILES string of the molecule is COc1cc(C=O)c([B]C#N)cc1C. The Kier molecular flexibility index (Phi) is 3.30. The summed E-state index contributed by atoms with van der Waals surface area (Å²) >= 11 is 0. The summed E-state index contributed by atoms with van der Waals surface area (Å²) in [4.78, 5) is 10.7. The highest BCUT2D eigenvalue weighted by Crippen LogP contribution is 2.16. The van der Waals surface area contributed by atoms with Crippen molar-refractivity contribution in [3.05, 3.63) is 23.3 Å². The molecule has 4 heteroatoms. The number of rotatable bonds is 3. The van der Waals surface area contributed by atoms with Crippen LogP contribution in [0.2, 0.25) is 0 Å². The molecule has 0 saturated carbocycles. The van der Waals surface area contributed by atoms with Crippen molar-refractivity contribution in [1.82, 2.24) is 0 Å². The molecule has 3 nitrogen and oxygen atoms in total. The van der Waals surface area contributed by atoms with Crippen molar-refractivity contribution in [3.8, 4) is 11.7 Å². The number of hydrogen-bond donors (Lipinski definition) is 0. The Morgan fingerprint density at radius 2 is 2.29 bits per heavy atom. The number of nitriles is 1. The van der Waals surface area contributed by atoms with Gasteiger partial charge in [-0.3, -0.25) is 4.79 Å². The summed E-state index contributed by atoms with van der Waals surface area (Å²) in [5.74, 6) is 2.55. The lowest BCUT2D eigenvalue weighted by Gasteiger charge is -2.07. The molecule has 0 heterocycles. The summed E-state index contributed by atoms with van der Waals surface area (Å²) in [5.41, 5.74) is 1.99. The van der Waals surface area contributed by atoms with Crippen molar-refractivity contribution in [2.45, 2.75) is 6.92 Å². The molecule has 0 atom stereocenters. The van der Waals surface area contributed by atoms with Gasteiger partial charge in [-0.05, 0) is 18.6 Å². The van der Waals surface area contributed by atoms with Crippen LogP contribution in [0, 0.1) is 18.2 Å². The molecule has 0 bridgehead atoms. The number of aldehydes is 1. The molecule has 14 heavy (non-hydrogen) atoms. The van der Waals surface area contributed by atoms with Gasteiger partial charge in [0.15, 0.2) is 0 Å². The van der Waals surface area contributed by atoms with Gasteiger partial charge in [-0.1, -0.05) is 11.5 Å². The predicted octanol–water partition coefficient (Wildman–Crippen LogP) is 0.627. The van der Waals surface area contributed by atoms with Crippen LogP contribution in [0.4, 0.5) is 0 Å². The molecule has 0 unspecified atom stereocenters. The largest absolute Gasteiger partial charge is 0.496 e. The Bertz CT molecular complexity index is 396. The Hall–Kier alpha value is -1.76. The zero-order valence-corrected chi connectivity index (χ0v) is 8.07. The van der Waals surface area contributed by atoms with E-state index in [1.807, 2.05) is 12.9 Å². The van der Waals surface area contributed by atoms with Gasteiger partial charge in [-0.2, -0.15) is 0 Å². The van der Waals surface area contributed by atoms with E-state index in [4.69, 9.17) is 10.00 Å². The normalized spacial score (nSPS) is 8.93. The van der Waals surface area contributed by atoms with E-state index in [1.165, 1.54) is 7.28 Å². The maximum Gasteiger partial charge on any atom is 0.292 e. The van der Waals surface area contributed by atoms with Gasteiger partial charge in [-0.15, -0.1) is 0 Å². The van der Waals surface area contributed by atoms with Gasteiger partial charge in [0.1, 0.15) is 12.0 Å². The number of hydrogen-bond acceptors (Lipinski definition) is 3. The first-order valence-corrected chi connectivity index (χ1v) is 4.09. The third-order valence-corrected chi connectivity index (χ3v) is 1.95. The minimum absolute atomic E-state index is 0.467. The molecule has 0 aromatic heterocycles. The fraction of sp³-hybridized carbons (Fsp3) is 0.200. The minimum atomic E-state index is 0.467. The van der Waals surface area contributed by atoms with Gasteiger partial charge >= 0.3 is 0 Å². The molecule has 0 fully saturated rings. The molecule has 0 N–H and O–H groups in total. The van der Waals surface area contributed by atoms with Crippen LogP contribution in [0.5, 0.6) is 5.75 Å². The van der Waals surface area contributed by atoms with Gasteiger partial charge in [0, 0.05) is 11.5 Å². The van der Waals surface area contributed by atoms with Crippen LogP contribution >= 0.6 is 0 Å². The minimum Gasteiger partial charge on any atom is -0.496 e. The number of ether oxygens (including phenoxy) is 1. The van der Waals surface area contributed by atoms with Gasteiger partial charge in [-0.25, -0.2) is 5.26 Å². The van der Waals surface area contributed by atoms with E-state index >= 15 is 0 Å². The molecule has 1 aromatic carbocycles. The van der Waals surface area contributed by atoms with Crippen LogP contribution in [-0.2, 0) is 0 Å². The summed E-state index contributed by atoms with van der Waals surface area (Å²) in [6.45, 7) is 1.86. The zero-order valence-electron chi connectivity index (χ0n) is 8.07. The standard InChI is InChI=1S/C10H9BNO2/c1-7-3-9(11-6-12)8(5-13)4-10(7)14-2/h3-5H,1-2H3. The van der Waals surface area contributed by atoms with Crippen molar-refractivity contribution in [2.24, 2.45) is 0 Å². The van der Waals surface area contributed by atoms with E-state index in [2.05, 4.69) is 0 Å². The first-order chi connectivity index (χ1) is 6.72. The predicted molar refractivity (Wildman–Crippen MR) is 54.1 cm³/mol. The average Bonchev–Trinajstić information content (AvgIpc) is 2.19. The lowest BCUT2D eigenvalue weighted by Crippen LogP contribution is -2.18. The number of benzene rings is 1. The molecule has 0 saturated heterocycles. The van der Waals surface area contributed by atoms with Crippen molar-refractivity contribution in [2.75, 3.05) is 7.11 Å². The van der Waals surface area contributed by atoms with Crippen LogP contribution in [0.3, 0.4) is 0 Å². The molecule has 1 aromatic rings. The number of carbonyl (C=O) groups is 1. The molecule has 0 spiro atoms. The maximum atomic E-state index is 10.7. The highest BCUT2D eigenvalue weighted by Gasteiger charge is 2.07. The molecule has 1 radical (unpaired) electrons. The van der Waals surface area contributed by atoms with Gasteiger partial charge in [0.05, 0.1) is 7.11 Å². The quantitative estimate of drug-likeness (QED) is 0.513. The second-order valence-electron chi connectivity index (χ2n) is 2.84. The Morgan fingerprint density at radius 3 is 2.79 bits per heavy atom. The Morgan fingerprint density at radius 1 is 1.57 bits per heavy atom. The topological polar surface area (TPSA) is 50.1 Å². The fourth-order valence-electron chi connectivity index (χ4n) is 1.24. The van der Waals surface area contributed by atoms with Crippen molar-refractivity contribution < 1.29 is 9.53 Å². The van der Waals surface area contributed by atoms with E-state index in [1.54, 1.807) is 19.2 Å². The molecule has 0 aliphatic carbocycles. The van der Waals surface area contributed by atoms with Gasteiger partial charge < -0.3 is 4.74 Å². The molecule has 0 aliphatic rings. The van der Waals surface area contributed by atoms with E-state index in [9.17, 15) is 4.79 Å². The third kappa shape index (κ3) is 1.94. The summed E-state index contributed by atoms with van der Waals surface area (Å²) in [6, 6.07) is 3.39. The van der Waals surface area contributed by atoms with Gasteiger partial charge in [0.25, 0.3) is 7.28 Å². The molecular formula is C10H9BNO2. The second-order valence-corrected chi connectivity index (χ2v) is 2.84. The zero-order chi connectivity index (χ0) is 10.6. The molecule has 69 valence electrons. The molecular weight excluding hydrogens is 177 g/mol. The molecule has 0 amide bonds. The van der Waals surface area contributed by atoms with Gasteiger partial charge in [0.2, 0.25) is 0 Å². The van der Waals surface area contributed by atoms with E-state index in [-0.39, 0.29) is 0 Å². The van der Waals surface area contributed by atoms with E-state index in [0.717, 1.165) is 5.56 Å². The van der Waals surface area contributed by atoms with Crippen molar-refractivity contribution >= 4 is 19.0 Å². The van der Waals surface area contributed by atoms with Crippen LogP contribution in [-0.4, -0.2) is 20.7 Å². The average molecular weight is 186 g/mol. The highest BCUT2D eigenvalue weighted by molar-refractivity contribution is 6.62. The van der Waals surface area contributed by atoms with Crippen molar-refractivity contribution in [3.63, 3.8) is 0 Å². The van der Waals surface area contributed by atoms with Crippen LogP contribution in [0.25, 0.3) is 0 Å². The number of methoxy groups -OCH3 is 1. The number of aryl methyl sites for hydroxylation is 1. The highest BCUT2D eigenvalue weighted by atomic mass is 16.5.